The van der Waals surface area contributed by atoms with Crippen LogP contribution in [0.15, 0.2) is 91.1 Å². The molecule has 176 valence electrons. The Morgan fingerprint density at radius 3 is 2.54 bits per heavy atom. The number of benzene rings is 3. The summed E-state index contributed by atoms with van der Waals surface area (Å²) in [5, 5.41) is 3.34. The minimum atomic E-state index is 0.0259. The minimum Gasteiger partial charge on any atom is -0.340 e. The topological polar surface area (TPSA) is 61.4 Å². The van der Waals surface area contributed by atoms with Crippen molar-refractivity contribution in [3.8, 4) is 11.4 Å². The summed E-state index contributed by atoms with van der Waals surface area (Å²) < 4.78 is 0. The molecule has 2 heterocycles. The van der Waals surface area contributed by atoms with Crippen LogP contribution in [0.4, 0.5) is 11.5 Å². The summed E-state index contributed by atoms with van der Waals surface area (Å²) in [5.74, 6) is 1.38. The number of carbonyl (C=O) groups excluding carboxylic acids is 1. The Kier molecular flexibility index (Phi) is 6.55. The first kappa shape index (κ1) is 22.7. The van der Waals surface area contributed by atoms with Gasteiger partial charge in [-0.3, -0.25) is 4.79 Å². The number of aromatic nitrogens is 2. The highest BCUT2D eigenvalue weighted by molar-refractivity contribution is 5.95. The van der Waals surface area contributed by atoms with Crippen molar-refractivity contribution in [2.75, 3.05) is 32.0 Å². The molecule has 3 aromatic carbocycles. The lowest BCUT2D eigenvalue weighted by molar-refractivity contribution is 0.0498. The van der Waals surface area contributed by atoms with Crippen LogP contribution in [-0.2, 0) is 0 Å². The zero-order chi connectivity index (χ0) is 24.2. The van der Waals surface area contributed by atoms with E-state index in [9.17, 15) is 4.79 Å². The molecule has 4 aromatic rings. The molecule has 35 heavy (non-hydrogen) atoms. The van der Waals surface area contributed by atoms with E-state index in [-0.39, 0.29) is 11.9 Å². The molecular weight excluding hydrogens is 434 g/mol. The lowest BCUT2D eigenvalue weighted by Gasteiger charge is -2.40. The normalized spacial score (nSPS) is 16.2. The third-order valence-electron chi connectivity index (χ3n) is 6.38. The van der Waals surface area contributed by atoms with Gasteiger partial charge in [-0.2, -0.15) is 0 Å². The third-order valence-corrected chi connectivity index (χ3v) is 6.38. The maximum atomic E-state index is 13.6. The summed E-state index contributed by atoms with van der Waals surface area (Å²) in [7, 11) is 2.11. The van der Waals surface area contributed by atoms with E-state index in [1.165, 1.54) is 5.56 Å². The molecule has 0 radical (unpaired) electrons. The fourth-order valence-electron chi connectivity index (χ4n) is 4.44. The molecule has 1 fully saturated rings. The molecule has 1 aliphatic heterocycles. The van der Waals surface area contributed by atoms with E-state index in [0.29, 0.717) is 23.8 Å². The molecule has 1 amide bonds. The summed E-state index contributed by atoms with van der Waals surface area (Å²) >= 11 is 0. The molecular formula is C29H29N5O. The zero-order valence-corrected chi connectivity index (χ0v) is 20.1. The van der Waals surface area contributed by atoms with Gasteiger partial charge in [0.2, 0.25) is 0 Å². The fraction of sp³-hybridized carbons (Fsp3) is 0.207. The number of hydrogen-bond acceptors (Lipinski definition) is 5. The fourth-order valence-corrected chi connectivity index (χ4v) is 4.44. The number of amides is 1. The lowest BCUT2D eigenvalue weighted by Crippen LogP contribution is -2.49. The second-order valence-electron chi connectivity index (χ2n) is 9.02. The predicted octanol–water partition coefficient (Wildman–Crippen LogP) is 5.32. The summed E-state index contributed by atoms with van der Waals surface area (Å²) in [5.41, 5.74) is 4.79. The highest BCUT2D eigenvalue weighted by Gasteiger charge is 2.30. The Labute approximate surface area is 206 Å². The SMILES string of the molecule is Cc1ccc(-c2nccc(Nc3cccc(C(=O)N4CCN(C)C[C@H]4c4ccccc4)c3)n2)cc1. The van der Waals surface area contributed by atoms with Crippen molar-refractivity contribution in [3.63, 3.8) is 0 Å². The number of piperazine rings is 1. The molecule has 1 saturated heterocycles. The standard InChI is InChI=1S/C29H29N5O/c1-21-11-13-23(14-12-21)28-30-16-15-27(32-28)31-25-10-6-9-24(19-25)29(35)34-18-17-33(2)20-26(34)22-7-4-3-5-8-22/h3-16,19,26H,17-18,20H2,1-2H3,(H,30,31,32)/t26-/m0/s1. The molecule has 1 aromatic heterocycles. The Hall–Kier alpha value is -4.03. The van der Waals surface area contributed by atoms with Crippen molar-refractivity contribution in [1.29, 1.82) is 0 Å². The van der Waals surface area contributed by atoms with Crippen LogP contribution in [0, 0.1) is 6.92 Å². The van der Waals surface area contributed by atoms with Crippen molar-refractivity contribution in [1.82, 2.24) is 19.8 Å². The van der Waals surface area contributed by atoms with E-state index in [0.717, 1.165) is 29.9 Å². The first-order chi connectivity index (χ1) is 17.1. The van der Waals surface area contributed by atoms with Gasteiger partial charge in [0, 0.05) is 42.6 Å². The lowest BCUT2D eigenvalue weighted by atomic mass is 10.0. The Balaban J connectivity index is 1.36. The van der Waals surface area contributed by atoms with Crippen molar-refractivity contribution in [2.45, 2.75) is 13.0 Å². The van der Waals surface area contributed by atoms with E-state index in [1.807, 2.05) is 65.6 Å². The number of rotatable bonds is 5. The van der Waals surface area contributed by atoms with Crippen LogP contribution in [0.25, 0.3) is 11.4 Å². The van der Waals surface area contributed by atoms with Crippen LogP contribution in [-0.4, -0.2) is 52.4 Å². The second kappa shape index (κ2) is 10.1. The average molecular weight is 464 g/mol. The van der Waals surface area contributed by atoms with Crippen LogP contribution in [0.5, 0.6) is 0 Å². The van der Waals surface area contributed by atoms with Crippen molar-refractivity contribution in [3.05, 3.63) is 108 Å². The smallest absolute Gasteiger partial charge is 0.254 e. The van der Waals surface area contributed by atoms with Crippen LogP contribution >= 0.6 is 0 Å². The maximum absolute atomic E-state index is 13.6. The van der Waals surface area contributed by atoms with Gasteiger partial charge in [0.1, 0.15) is 5.82 Å². The Morgan fingerprint density at radius 1 is 0.943 bits per heavy atom. The predicted molar refractivity (Wildman–Crippen MR) is 140 cm³/mol. The van der Waals surface area contributed by atoms with Crippen molar-refractivity contribution in [2.24, 2.45) is 0 Å². The number of nitrogens with one attached hydrogen (secondary N) is 1. The Bertz CT molecular complexity index is 1310. The van der Waals surface area contributed by atoms with E-state index >= 15 is 0 Å². The number of carbonyl (C=O) groups is 1. The quantitative estimate of drug-likeness (QED) is 0.434. The molecule has 0 unspecified atom stereocenters. The Morgan fingerprint density at radius 2 is 1.74 bits per heavy atom. The van der Waals surface area contributed by atoms with E-state index in [4.69, 9.17) is 0 Å². The highest BCUT2D eigenvalue weighted by Crippen LogP contribution is 2.28. The van der Waals surface area contributed by atoms with Gasteiger partial charge in [-0.05, 0) is 43.8 Å². The first-order valence-electron chi connectivity index (χ1n) is 11.9. The summed E-state index contributed by atoms with van der Waals surface area (Å²) in [6.07, 6.45) is 1.74. The van der Waals surface area contributed by atoms with Gasteiger partial charge in [0.15, 0.2) is 5.82 Å². The molecule has 6 nitrogen and oxygen atoms in total. The molecule has 0 spiro atoms. The second-order valence-corrected chi connectivity index (χ2v) is 9.02. The van der Waals surface area contributed by atoms with E-state index in [1.54, 1.807) is 6.20 Å². The molecule has 1 atom stereocenters. The van der Waals surface area contributed by atoms with Crippen molar-refractivity contribution < 1.29 is 4.79 Å². The molecule has 1 N–H and O–H groups in total. The largest absolute Gasteiger partial charge is 0.340 e. The van der Waals surface area contributed by atoms with Gasteiger partial charge in [-0.15, -0.1) is 0 Å². The van der Waals surface area contributed by atoms with E-state index < -0.39 is 0 Å². The third kappa shape index (κ3) is 5.23. The number of hydrogen-bond donors (Lipinski definition) is 1. The van der Waals surface area contributed by atoms with Gasteiger partial charge in [-0.1, -0.05) is 66.2 Å². The maximum Gasteiger partial charge on any atom is 0.254 e. The molecule has 1 aliphatic rings. The number of nitrogens with zero attached hydrogens (tertiary/aromatic N) is 4. The molecule has 5 rings (SSSR count). The first-order valence-corrected chi connectivity index (χ1v) is 11.9. The summed E-state index contributed by atoms with van der Waals surface area (Å²) in [6.45, 7) is 4.42. The summed E-state index contributed by atoms with van der Waals surface area (Å²) in [6, 6.07) is 27.9. The van der Waals surface area contributed by atoms with Crippen LogP contribution in [0.2, 0.25) is 0 Å². The van der Waals surface area contributed by atoms with Crippen LogP contribution in [0.3, 0.4) is 0 Å². The monoisotopic (exact) mass is 463 g/mol. The summed E-state index contributed by atoms with van der Waals surface area (Å²) in [4.78, 5) is 27.0. The molecule has 0 aliphatic carbocycles. The molecule has 0 saturated carbocycles. The van der Waals surface area contributed by atoms with E-state index in [2.05, 4.69) is 58.4 Å². The number of aryl methyl sites for hydroxylation is 1. The van der Waals surface area contributed by atoms with Gasteiger partial charge in [-0.25, -0.2) is 9.97 Å². The molecule has 0 bridgehead atoms. The zero-order valence-electron chi connectivity index (χ0n) is 20.1. The minimum absolute atomic E-state index is 0.0259. The average Bonchev–Trinajstić information content (AvgIpc) is 2.89. The van der Waals surface area contributed by atoms with Crippen molar-refractivity contribution >= 4 is 17.4 Å². The van der Waals surface area contributed by atoms with Gasteiger partial charge in [0.25, 0.3) is 5.91 Å². The van der Waals surface area contributed by atoms with Crippen LogP contribution in [0.1, 0.15) is 27.5 Å². The molecule has 6 heteroatoms. The number of likely N-dealkylation sites (N-methyl/N-ethyl adjacent to an activating group) is 1. The highest BCUT2D eigenvalue weighted by atomic mass is 16.2. The number of anilines is 2. The van der Waals surface area contributed by atoms with Gasteiger partial charge >= 0.3 is 0 Å². The van der Waals surface area contributed by atoms with Gasteiger partial charge in [0.05, 0.1) is 6.04 Å². The van der Waals surface area contributed by atoms with Gasteiger partial charge < -0.3 is 15.1 Å². The van der Waals surface area contributed by atoms with Crippen LogP contribution < -0.4 is 5.32 Å².